The van der Waals surface area contributed by atoms with Crippen molar-refractivity contribution in [1.82, 2.24) is 20.1 Å². The first-order valence-corrected chi connectivity index (χ1v) is 9.38. The normalized spacial score (nSPS) is 14.6. The number of nitrogens with one attached hydrogen (secondary N) is 1. The molecule has 25 heavy (non-hydrogen) atoms. The van der Waals surface area contributed by atoms with E-state index in [-0.39, 0.29) is 11.9 Å². The molecule has 0 spiro atoms. The third kappa shape index (κ3) is 5.19. The summed E-state index contributed by atoms with van der Waals surface area (Å²) < 4.78 is 0. The Hall–Kier alpha value is -2.09. The van der Waals surface area contributed by atoms with Crippen molar-refractivity contribution in [2.75, 3.05) is 31.9 Å². The van der Waals surface area contributed by atoms with Gasteiger partial charge in [-0.2, -0.15) is 0 Å². The van der Waals surface area contributed by atoms with Gasteiger partial charge in [0.15, 0.2) is 0 Å². The van der Waals surface area contributed by atoms with Crippen LogP contribution in [0.4, 0.5) is 0 Å². The number of carbonyl (C=O) groups excluding carboxylic acids is 3. The minimum absolute atomic E-state index is 0.0703. The SMILES string of the molecule is CCSc1cc(C(=O)N2CCN(C(=O)C(=O)NC(C)C)CC2)ccn1. The van der Waals surface area contributed by atoms with Crippen LogP contribution in [0.1, 0.15) is 31.1 Å². The lowest BCUT2D eigenvalue weighted by Crippen LogP contribution is -2.54. The average Bonchev–Trinajstić information content (AvgIpc) is 2.60. The molecule has 3 amide bonds. The van der Waals surface area contributed by atoms with Crippen molar-refractivity contribution in [3.8, 4) is 0 Å². The Labute approximate surface area is 152 Å². The molecule has 1 aromatic heterocycles. The van der Waals surface area contributed by atoms with E-state index in [0.717, 1.165) is 10.8 Å². The Morgan fingerprint density at radius 2 is 1.84 bits per heavy atom. The van der Waals surface area contributed by atoms with Crippen LogP contribution in [0.15, 0.2) is 23.4 Å². The first-order chi connectivity index (χ1) is 11.9. The minimum atomic E-state index is -0.592. The quantitative estimate of drug-likeness (QED) is 0.637. The van der Waals surface area contributed by atoms with Crippen molar-refractivity contribution in [2.24, 2.45) is 0 Å². The number of rotatable bonds is 4. The van der Waals surface area contributed by atoms with Crippen molar-refractivity contribution in [3.63, 3.8) is 0 Å². The summed E-state index contributed by atoms with van der Waals surface area (Å²) in [5, 5.41) is 3.42. The topological polar surface area (TPSA) is 82.6 Å². The molecule has 1 aliphatic rings. The Kier molecular flexibility index (Phi) is 6.81. The van der Waals surface area contributed by atoms with E-state index in [4.69, 9.17) is 0 Å². The maximum Gasteiger partial charge on any atom is 0.312 e. The summed E-state index contributed by atoms with van der Waals surface area (Å²) in [6.07, 6.45) is 1.64. The van der Waals surface area contributed by atoms with Crippen LogP contribution < -0.4 is 5.32 Å². The highest BCUT2D eigenvalue weighted by Crippen LogP contribution is 2.17. The molecule has 0 bridgehead atoms. The van der Waals surface area contributed by atoms with Crippen LogP contribution in [-0.4, -0.2) is 70.5 Å². The third-order valence-corrected chi connectivity index (χ3v) is 4.55. The first kappa shape index (κ1) is 19.2. The van der Waals surface area contributed by atoms with Gasteiger partial charge in [-0.3, -0.25) is 14.4 Å². The van der Waals surface area contributed by atoms with Crippen LogP contribution in [0.25, 0.3) is 0 Å². The number of thioether (sulfide) groups is 1. The predicted molar refractivity (Wildman–Crippen MR) is 96.4 cm³/mol. The van der Waals surface area contributed by atoms with E-state index < -0.39 is 11.8 Å². The average molecular weight is 364 g/mol. The van der Waals surface area contributed by atoms with Gasteiger partial charge in [0.2, 0.25) is 0 Å². The Bertz CT molecular complexity index is 643. The van der Waals surface area contributed by atoms with Gasteiger partial charge in [0.05, 0.1) is 5.03 Å². The van der Waals surface area contributed by atoms with Gasteiger partial charge in [-0.05, 0) is 31.7 Å². The van der Waals surface area contributed by atoms with Crippen molar-refractivity contribution in [2.45, 2.75) is 31.8 Å². The molecule has 1 aromatic rings. The number of hydrogen-bond donors (Lipinski definition) is 1. The standard InChI is InChI=1S/C17H24N4O3S/c1-4-25-14-11-13(5-6-18-14)16(23)20-7-9-21(10-8-20)17(24)15(22)19-12(2)3/h5-6,11-12H,4,7-10H2,1-3H3,(H,19,22). The zero-order chi connectivity index (χ0) is 18.4. The van der Waals surface area contributed by atoms with E-state index in [0.29, 0.717) is 31.7 Å². The Morgan fingerprint density at radius 1 is 1.20 bits per heavy atom. The molecule has 1 fully saturated rings. The second-order valence-electron chi connectivity index (χ2n) is 6.03. The molecular formula is C17H24N4O3S. The van der Waals surface area contributed by atoms with Crippen LogP contribution >= 0.6 is 11.8 Å². The molecule has 0 aliphatic carbocycles. The van der Waals surface area contributed by atoms with Crippen molar-refractivity contribution in [1.29, 1.82) is 0 Å². The highest BCUT2D eigenvalue weighted by atomic mass is 32.2. The van der Waals surface area contributed by atoms with Gasteiger partial charge in [0.25, 0.3) is 5.91 Å². The van der Waals surface area contributed by atoms with Gasteiger partial charge in [-0.15, -0.1) is 11.8 Å². The van der Waals surface area contributed by atoms with Gasteiger partial charge < -0.3 is 15.1 Å². The number of aromatic nitrogens is 1. The van der Waals surface area contributed by atoms with Crippen LogP contribution in [0.5, 0.6) is 0 Å². The second-order valence-corrected chi connectivity index (χ2v) is 7.31. The lowest BCUT2D eigenvalue weighted by atomic mass is 10.2. The van der Waals surface area contributed by atoms with Crippen molar-refractivity contribution < 1.29 is 14.4 Å². The molecule has 8 heteroatoms. The van der Waals surface area contributed by atoms with E-state index in [2.05, 4.69) is 10.3 Å². The lowest BCUT2D eigenvalue weighted by molar-refractivity contribution is -0.147. The fraction of sp³-hybridized carbons (Fsp3) is 0.529. The van der Waals surface area contributed by atoms with Crippen LogP contribution in [-0.2, 0) is 9.59 Å². The predicted octanol–water partition coefficient (Wildman–Crippen LogP) is 1.00. The molecule has 0 atom stereocenters. The summed E-state index contributed by atoms with van der Waals surface area (Å²) in [5.41, 5.74) is 0.600. The molecule has 0 saturated carbocycles. The zero-order valence-electron chi connectivity index (χ0n) is 14.8. The first-order valence-electron chi connectivity index (χ1n) is 8.40. The lowest BCUT2D eigenvalue weighted by Gasteiger charge is -2.34. The third-order valence-electron chi connectivity index (χ3n) is 3.74. The van der Waals surface area contributed by atoms with Crippen LogP contribution in [0.3, 0.4) is 0 Å². The summed E-state index contributed by atoms with van der Waals surface area (Å²) in [7, 11) is 0. The Morgan fingerprint density at radius 3 is 2.44 bits per heavy atom. The van der Waals surface area contributed by atoms with Gasteiger partial charge in [-0.1, -0.05) is 6.92 Å². The molecule has 1 N–H and O–H groups in total. The minimum Gasteiger partial charge on any atom is -0.346 e. The van der Waals surface area contributed by atoms with E-state index >= 15 is 0 Å². The summed E-state index contributed by atoms with van der Waals surface area (Å²) in [6, 6.07) is 3.42. The fourth-order valence-electron chi connectivity index (χ4n) is 2.53. The second kappa shape index (κ2) is 8.84. The highest BCUT2D eigenvalue weighted by molar-refractivity contribution is 7.99. The van der Waals surface area contributed by atoms with Crippen LogP contribution in [0, 0.1) is 0 Å². The number of piperazine rings is 1. The molecule has 0 aromatic carbocycles. The smallest absolute Gasteiger partial charge is 0.312 e. The summed E-state index contributed by atoms with van der Waals surface area (Å²) in [5.74, 6) is -0.306. The van der Waals surface area contributed by atoms with Crippen molar-refractivity contribution in [3.05, 3.63) is 23.9 Å². The van der Waals surface area contributed by atoms with E-state index in [1.165, 1.54) is 4.90 Å². The van der Waals surface area contributed by atoms with Crippen LogP contribution in [0.2, 0.25) is 0 Å². The van der Waals surface area contributed by atoms with Gasteiger partial charge >= 0.3 is 11.8 Å². The molecular weight excluding hydrogens is 340 g/mol. The summed E-state index contributed by atoms with van der Waals surface area (Å²) in [6.45, 7) is 7.20. The van der Waals surface area contributed by atoms with Gasteiger partial charge in [-0.25, -0.2) is 4.98 Å². The number of amides is 3. The molecule has 136 valence electrons. The number of pyridine rings is 1. The molecule has 0 radical (unpaired) electrons. The molecule has 7 nitrogen and oxygen atoms in total. The zero-order valence-corrected chi connectivity index (χ0v) is 15.6. The number of hydrogen-bond acceptors (Lipinski definition) is 5. The van der Waals surface area contributed by atoms with Gasteiger partial charge in [0, 0.05) is 44.0 Å². The number of carbonyl (C=O) groups is 3. The Balaban J connectivity index is 1.93. The molecule has 1 aliphatic heterocycles. The number of nitrogens with zero attached hydrogens (tertiary/aromatic N) is 3. The molecule has 2 rings (SSSR count). The van der Waals surface area contributed by atoms with E-state index in [1.807, 2.05) is 20.8 Å². The highest BCUT2D eigenvalue weighted by Gasteiger charge is 2.28. The fourth-order valence-corrected chi connectivity index (χ4v) is 3.17. The summed E-state index contributed by atoms with van der Waals surface area (Å²) >= 11 is 1.59. The van der Waals surface area contributed by atoms with E-state index in [1.54, 1.807) is 35.0 Å². The maximum atomic E-state index is 12.6. The maximum absolute atomic E-state index is 12.6. The molecule has 2 heterocycles. The van der Waals surface area contributed by atoms with Crippen molar-refractivity contribution >= 4 is 29.5 Å². The van der Waals surface area contributed by atoms with Gasteiger partial charge in [0.1, 0.15) is 0 Å². The molecule has 0 unspecified atom stereocenters. The molecule has 1 saturated heterocycles. The largest absolute Gasteiger partial charge is 0.346 e. The summed E-state index contributed by atoms with van der Waals surface area (Å²) in [4.78, 5) is 43.9. The van der Waals surface area contributed by atoms with E-state index in [9.17, 15) is 14.4 Å². The monoisotopic (exact) mass is 364 g/mol.